The van der Waals surface area contributed by atoms with Crippen molar-refractivity contribution in [2.75, 3.05) is 6.54 Å². The predicted molar refractivity (Wildman–Crippen MR) is 100 cm³/mol. The van der Waals surface area contributed by atoms with Crippen LogP contribution in [-0.4, -0.2) is 44.6 Å². The topological polar surface area (TPSA) is 108 Å². The molecule has 140 valence electrons. The molecule has 2 N–H and O–H groups in total. The normalized spacial score (nSPS) is 24.0. The second-order valence-corrected chi connectivity index (χ2v) is 8.88. The van der Waals surface area contributed by atoms with E-state index in [1.165, 1.54) is 11.8 Å². The molecule has 0 aliphatic carbocycles. The number of imide groups is 1. The summed E-state index contributed by atoms with van der Waals surface area (Å²) < 4.78 is 0. The van der Waals surface area contributed by atoms with Crippen molar-refractivity contribution < 1.29 is 19.5 Å². The van der Waals surface area contributed by atoms with Crippen LogP contribution in [0.2, 0.25) is 5.02 Å². The standard InChI is InChI=1S/C17H13ClN2O5S2/c18-8-3-1-7(2-4-8)10-11-13(26-14-12(10)27-17(25)19-14)16(24)20(15(11)23)6-5-9(21)22/h1-4,10-11,13H,5-6H2,(H,19,25)(H,21,22)/t10-,11+,13-/m1/s1. The summed E-state index contributed by atoms with van der Waals surface area (Å²) in [6.45, 7) is -0.155. The van der Waals surface area contributed by atoms with Gasteiger partial charge in [0.05, 0.1) is 17.4 Å². The first-order chi connectivity index (χ1) is 12.9. The Kier molecular flexibility index (Phi) is 4.61. The fourth-order valence-electron chi connectivity index (χ4n) is 3.53. The number of aromatic amines is 1. The fourth-order valence-corrected chi connectivity index (χ4v) is 6.19. The minimum absolute atomic E-state index is 0.155. The van der Waals surface area contributed by atoms with Crippen LogP contribution in [0, 0.1) is 5.92 Å². The number of hydrogen-bond acceptors (Lipinski definition) is 6. The van der Waals surface area contributed by atoms with Gasteiger partial charge in [-0.15, -0.1) is 0 Å². The lowest BCUT2D eigenvalue weighted by atomic mass is 9.83. The number of H-pyrrole nitrogens is 1. The SMILES string of the molecule is O=C(O)CCN1C(=O)[C@H]2[C@@H](c3ccc(Cl)cc3)c3sc(=O)[nH]c3S[C@H]2C1=O. The first-order valence-electron chi connectivity index (χ1n) is 8.09. The third-order valence-electron chi connectivity index (χ3n) is 4.69. The van der Waals surface area contributed by atoms with Gasteiger partial charge < -0.3 is 10.1 Å². The van der Waals surface area contributed by atoms with Crippen LogP contribution >= 0.6 is 34.7 Å². The van der Waals surface area contributed by atoms with Crippen molar-refractivity contribution in [2.24, 2.45) is 5.92 Å². The molecule has 1 aromatic heterocycles. The van der Waals surface area contributed by atoms with Crippen molar-refractivity contribution in [1.29, 1.82) is 0 Å². The van der Waals surface area contributed by atoms with E-state index in [1.54, 1.807) is 24.3 Å². The van der Waals surface area contributed by atoms with Crippen molar-refractivity contribution in [1.82, 2.24) is 9.88 Å². The van der Waals surface area contributed by atoms with Crippen LogP contribution in [0.4, 0.5) is 0 Å². The molecular formula is C17H13ClN2O5S2. The number of nitrogens with one attached hydrogen (secondary N) is 1. The van der Waals surface area contributed by atoms with Crippen molar-refractivity contribution in [3.8, 4) is 0 Å². The Morgan fingerprint density at radius 3 is 2.56 bits per heavy atom. The van der Waals surface area contributed by atoms with Gasteiger partial charge in [0.2, 0.25) is 11.8 Å². The monoisotopic (exact) mass is 424 g/mol. The van der Waals surface area contributed by atoms with Gasteiger partial charge in [0.25, 0.3) is 0 Å². The number of carboxylic acid groups (broad SMARTS) is 1. The van der Waals surface area contributed by atoms with Crippen molar-refractivity contribution in [2.45, 2.75) is 22.6 Å². The molecule has 2 aliphatic heterocycles. The number of halogens is 1. The summed E-state index contributed by atoms with van der Waals surface area (Å²) in [6.07, 6.45) is -0.300. The van der Waals surface area contributed by atoms with E-state index in [2.05, 4.69) is 4.98 Å². The Balaban J connectivity index is 1.79. The molecule has 2 aliphatic rings. The number of fused-ring (bicyclic) bond motifs is 2. The second-order valence-electron chi connectivity index (χ2n) is 6.27. The van der Waals surface area contributed by atoms with Gasteiger partial charge in [-0.3, -0.25) is 24.1 Å². The number of carboxylic acids is 1. The zero-order valence-electron chi connectivity index (χ0n) is 13.7. The number of hydrogen-bond donors (Lipinski definition) is 2. The third-order valence-corrected chi connectivity index (χ3v) is 7.35. The summed E-state index contributed by atoms with van der Waals surface area (Å²) in [4.78, 5) is 52.8. The third kappa shape index (κ3) is 3.09. The molecular weight excluding hydrogens is 412 g/mol. The highest BCUT2D eigenvalue weighted by molar-refractivity contribution is 8.00. The zero-order chi connectivity index (χ0) is 19.3. The fraction of sp³-hybridized carbons (Fsp3) is 0.294. The summed E-state index contributed by atoms with van der Waals surface area (Å²) >= 11 is 8.17. The first kappa shape index (κ1) is 18.3. The van der Waals surface area contributed by atoms with Gasteiger partial charge in [-0.1, -0.05) is 46.8 Å². The number of likely N-dealkylation sites (tertiary alicyclic amines) is 1. The minimum atomic E-state index is -1.07. The number of amides is 2. The van der Waals surface area contributed by atoms with Crippen LogP contribution in [0.5, 0.6) is 0 Å². The van der Waals surface area contributed by atoms with Crippen LogP contribution in [0.3, 0.4) is 0 Å². The zero-order valence-corrected chi connectivity index (χ0v) is 16.1. The van der Waals surface area contributed by atoms with Gasteiger partial charge in [0.15, 0.2) is 0 Å². The molecule has 3 atom stereocenters. The highest BCUT2D eigenvalue weighted by Crippen LogP contribution is 2.52. The lowest BCUT2D eigenvalue weighted by Crippen LogP contribution is -2.33. The maximum Gasteiger partial charge on any atom is 0.305 e. The highest BCUT2D eigenvalue weighted by Gasteiger charge is 2.55. The maximum atomic E-state index is 13.0. The molecule has 2 aromatic rings. The molecule has 0 bridgehead atoms. The van der Waals surface area contributed by atoms with Gasteiger partial charge >= 0.3 is 10.8 Å². The summed E-state index contributed by atoms with van der Waals surface area (Å²) in [6, 6.07) is 6.97. The summed E-state index contributed by atoms with van der Waals surface area (Å²) in [5.74, 6) is -3.02. The lowest BCUT2D eigenvalue weighted by molar-refractivity contribution is -0.141. The summed E-state index contributed by atoms with van der Waals surface area (Å²) in [5, 5.41) is 9.34. The molecule has 10 heteroatoms. The Morgan fingerprint density at radius 1 is 1.19 bits per heavy atom. The number of carbonyl (C=O) groups is 3. The number of benzene rings is 1. The molecule has 1 aromatic carbocycles. The molecule has 2 amide bonds. The summed E-state index contributed by atoms with van der Waals surface area (Å²) in [7, 11) is 0. The number of carbonyl (C=O) groups excluding carboxylic acids is 2. The van der Waals surface area contributed by atoms with Crippen LogP contribution in [-0.2, 0) is 14.4 Å². The molecule has 1 fully saturated rings. The first-order valence-corrected chi connectivity index (χ1v) is 10.2. The smallest absolute Gasteiger partial charge is 0.305 e. The molecule has 0 spiro atoms. The number of thiazole rings is 1. The van der Waals surface area contributed by atoms with Crippen LogP contribution in [0.25, 0.3) is 0 Å². The van der Waals surface area contributed by atoms with E-state index in [-0.39, 0.29) is 17.8 Å². The van der Waals surface area contributed by atoms with Crippen LogP contribution in [0.1, 0.15) is 22.8 Å². The molecule has 0 saturated carbocycles. The predicted octanol–water partition coefficient (Wildman–Crippen LogP) is 2.16. The number of aromatic nitrogens is 1. The number of rotatable bonds is 4. The van der Waals surface area contributed by atoms with E-state index in [0.717, 1.165) is 26.7 Å². The average molecular weight is 425 g/mol. The number of aliphatic carboxylic acids is 1. The average Bonchev–Trinajstić information content (AvgIpc) is 3.10. The molecule has 0 radical (unpaired) electrons. The van der Waals surface area contributed by atoms with E-state index in [9.17, 15) is 19.2 Å². The Hall–Kier alpha value is -2.10. The molecule has 0 unspecified atom stereocenters. The second kappa shape index (κ2) is 6.81. The number of thioether (sulfide) groups is 1. The van der Waals surface area contributed by atoms with Gasteiger partial charge in [0, 0.05) is 22.4 Å². The van der Waals surface area contributed by atoms with Gasteiger partial charge in [-0.25, -0.2) is 0 Å². The molecule has 27 heavy (non-hydrogen) atoms. The van der Waals surface area contributed by atoms with Crippen LogP contribution < -0.4 is 4.87 Å². The van der Waals surface area contributed by atoms with Crippen molar-refractivity contribution >= 4 is 52.5 Å². The van der Waals surface area contributed by atoms with E-state index in [0.29, 0.717) is 10.0 Å². The van der Waals surface area contributed by atoms with Crippen molar-refractivity contribution in [3.05, 3.63) is 49.4 Å². The van der Waals surface area contributed by atoms with Gasteiger partial charge in [-0.2, -0.15) is 0 Å². The van der Waals surface area contributed by atoms with E-state index >= 15 is 0 Å². The van der Waals surface area contributed by atoms with Gasteiger partial charge in [0.1, 0.15) is 5.25 Å². The molecule has 7 nitrogen and oxygen atoms in total. The summed E-state index contributed by atoms with van der Waals surface area (Å²) in [5.41, 5.74) is 0.785. The lowest BCUT2D eigenvalue weighted by Gasteiger charge is -2.29. The Labute approximate surface area is 166 Å². The highest BCUT2D eigenvalue weighted by atomic mass is 35.5. The van der Waals surface area contributed by atoms with Crippen LogP contribution in [0.15, 0.2) is 34.1 Å². The van der Waals surface area contributed by atoms with E-state index in [1.807, 2.05) is 0 Å². The van der Waals surface area contributed by atoms with Crippen molar-refractivity contribution in [3.63, 3.8) is 0 Å². The molecule has 3 heterocycles. The Morgan fingerprint density at radius 2 is 1.89 bits per heavy atom. The number of nitrogens with zero attached hydrogens (tertiary/aromatic N) is 1. The molecule has 1 saturated heterocycles. The van der Waals surface area contributed by atoms with Gasteiger partial charge in [-0.05, 0) is 17.7 Å². The quantitative estimate of drug-likeness (QED) is 0.728. The molecule has 4 rings (SSSR count). The maximum absolute atomic E-state index is 13.0. The minimum Gasteiger partial charge on any atom is -0.481 e. The Bertz CT molecular complexity index is 999. The van der Waals surface area contributed by atoms with E-state index in [4.69, 9.17) is 16.7 Å². The largest absolute Gasteiger partial charge is 0.481 e. The van der Waals surface area contributed by atoms with E-state index < -0.39 is 34.9 Å².